The van der Waals surface area contributed by atoms with E-state index in [-0.39, 0.29) is 19.1 Å². The molecule has 1 rings (SSSR count). The molecule has 0 saturated carbocycles. The Morgan fingerprint density at radius 3 is 2.82 bits per heavy atom. The van der Waals surface area contributed by atoms with E-state index in [9.17, 15) is 9.59 Å². The minimum atomic E-state index is -1.07. The molecule has 0 spiro atoms. The average molecular weight is 244 g/mol. The van der Waals surface area contributed by atoms with Gasteiger partial charge in [-0.25, -0.2) is 0 Å². The minimum Gasteiger partial charge on any atom is -0.481 e. The number of carboxylic acids is 1. The molecule has 4 N–H and O–H groups in total. The molecule has 0 aliphatic carbocycles. The highest BCUT2D eigenvalue weighted by Crippen LogP contribution is 2.28. The predicted octanol–water partition coefficient (Wildman–Crippen LogP) is -0.280. The highest BCUT2D eigenvalue weighted by molar-refractivity contribution is 5.83. The maximum absolute atomic E-state index is 11.7. The molecule has 1 fully saturated rings. The van der Waals surface area contributed by atoms with E-state index in [1.165, 1.54) is 0 Å². The van der Waals surface area contributed by atoms with E-state index in [1.54, 1.807) is 6.92 Å². The van der Waals surface area contributed by atoms with E-state index in [2.05, 4.69) is 5.32 Å². The van der Waals surface area contributed by atoms with Gasteiger partial charge in [0.25, 0.3) is 0 Å². The summed E-state index contributed by atoms with van der Waals surface area (Å²) in [6.07, 6.45) is 1.40. The maximum Gasteiger partial charge on any atom is 0.313 e. The molecule has 1 aliphatic heterocycles. The van der Waals surface area contributed by atoms with Crippen LogP contribution in [0.3, 0.4) is 0 Å². The third-order valence-corrected chi connectivity index (χ3v) is 3.20. The fourth-order valence-electron chi connectivity index (χ4n) is 1.81. The number of carbonyl (C=O) groups is 2. The first-order chi connectivity index (χ1) is 7.91. The van der Waals surface area contributed by atoms with Crippen LogP contribution in [0.2, 0.25) is 0 Å². The second kappa shape index (κ2) is 5.46. The Labute approximate surface area is 101 Å². The first kappa shape index (κ1) is 13.9. The maximum atomic E-state index is 11.7. The summed E-state index contributed by atoms with van der Waals surface area (Å²) in [5, 5.41) is 11.8. The van der Waals surface area contributed by atoms with Crippen LogP contribution in [0, 0.1) is 5.41 Å². The standard InChI is InChI=1S/C11H20N2O4/c1-3-4-7(12)9(14)13-8-5-17-6-11(8,2)10(15)16/h7-8H,3-6,12H2,1-2H3,(H,13,14)(H,15,16). The molecular formula is C11H20N2O4. The zero-order valence-electron chi connectivity index (χ0n) is 10.2. The number of carbonyl (C=O) groups excluding carboxylic acids is 1. The van der Waals surface area contributed by atoms with Crippen LogP contribution in [-0.2, 0) is 14.3 Å². The van der Waals surface area contributed by atoms with Crippen molar-refractivity contribution in [1.29, 1.82) is 0 Å². The zero-order valence-corrected chi connectivity index (χ0v) is 10.2. The Hall–Kier alpha value is -1.14. The van der Waals surface area contributed by atoms with Crippen molar-refractivity contribution in [2.24, 2.45) is 11.1 Å². The molecule has 0 bridgehead atoms. The van der Waals surface area contributed by atoms with Gasteiger partial charge in [0.2, 0.25) is 5.91 Å². The number of nitrogens with one attached hydrogen (secondary N) is 1. The highest BCUT2D eigenvalue weighted by Gasteiger charge is 2.47. The number of hydrogen-bond acceptors (Lipinski definition) is 4. The third-order valence-electron chi connectivity index (χ3n) is 3.20. The van der Waals surface area contributed by atoms with Crippen molar-refractivity contribution in [2.75, 3.05) is 13.2 Å². The third kappa shape index (κ3) is 2.95. The summed E-state index contributed by atoms with van der Waals surface area (Å²) in [5.74, 6) is -1.28. The van der Waals surface area contributed by atoms with E-state index in [1.807, 2.05) is 6.92 Å². The lowest BCUT2D eigenvalue weighted by Gasteiger charge is -2.26. The van der Waals surface area contributed by atoms with Crippen LogP contribution >= 0.6 is 0 Å². The molecule has 1 heterocycles. The number of rotatable bonds is 5. The lowest BCUT2D eigenvalue weighted by atomic mass is 9.85. The van der Waals surface area contributed by atoms with Gasteiger partial charge in [0, 0.05) is 0 Å². The van der Waals surface area contributed by atoms with Crippen molar-refractivity contribution in [3.05, 3.63) is 0 Å². The molecule has 6 nitrogen and oxygen atoms in total. The number of ether oxygens (including phenoxy) is 1. The molecule has 6 heteroatoms. The van der Waals surface area contributed by atoms with Gasteiger partial charge in [-0.2, -0.15) is 0 Å². The van der Waals surface area contributed by atoms with Crippen molar-refractivity contribution in [3.8, 4) is 0 Å². The lowest BCUT2D eigenvalue weighted by molar-refractivity contribution is -0.149. The number of nitrogens with two attached hydrogens (primary N) is 1. The topological polar surface area (TPSA) is 102 Å². The Morgan fingerprint density at radius 2 is 2.29 bits per heavy atom. The molecule has 1 amide bonds. The van der Waals surface area contributed by atoms with Crippen LogP contribution in [-0.4, -0.2) is 42.3 Å². The number of amides is 1. The summed E-state index contributed by atoms with van der Waals surface area (Å²) in [6.45, 7) is 3.83. The number of hydrogen-bond donors (Lipinski definition) is 3. The van der Waals surface area contributed by atoms with Crippen LogP contribution in [0.1, 0.15) is 26.7 Å². The number of carboxylic acid groups (broad SMARTS) is 1. The molecule has 1 aliphatic rings. The molecule has 17 heavy (non-hydrogen) atoms. The molecule has 0 aromatic carbocycles. The first-order valence-corrected chi connectivity index (χ1v) is 5.79. The average Bonchev–Trinajstić information content (AvgIpc) is 2.62. The van der Waals surface area contributed by atoms with Crippen LogP contribution in [0.5, 0.6) is 0 Å². The van der Waals surface area contributed by atoms with Gasteiger partial charge in [-0.3, -0.25) is 9.59 Å². The van der Waals surface area contributed by atoms with Crippen LogP contribution < -0.4 is 11.1 Å². The Balaban J connectivity index is 2.62. The largest absolute Gasteiger partial charge is 0.481 e. The van der Waals surface area contributed by atoms with E-state index in [0.29, 0.717) is 6.42 Å². The monoisotopic (exact) mass is 244 g/mol. The van der Waals surface area contributed by atoms with E-state index in [0.717, 1.165) is 6.42 Å². The van der Waals surface area contributed by atoms with Crippen LogP contribution in [0.4, 0.5) is 0 Å². The van der Waals surface area contributed by atoms with Crippen LogP contribution in [0.15, 0.2) is 0 Å². The second-order valence-electron chi connectivity index (χ2n) is 4.69. The first-order valence-electron chi connectivity index (χ1n) is 5.79. The Morgan fingerprint density at radius 1 is 1.65 bits per heavy atom. The summed E-state index contributed by atoms with van der Waals surface area (Å²) < 4.78 is 5.14. The van der Waals surface area contributed by atoms with Crippen molar-refractivity contribution >= 4 is 11.9 Å². The molecule has 0 aromatic heterocycles. The molecule has 98 valence electrons. The predicted molar refractivity (Wildman–Crippen MR) is 61.4 cm³/mol. The quantitative estimate of drug-likeness (QED) is 0.617. The summed E-state index contributed by atoms with van der Waals surface area (Å²) in [4.78, 5) is 22.9. The van der Waals surface area contributed by atoms with Gasteiger partial charge in [0.15, 0.2) is 0 Å². The van der Waals surface area contributed by atoms with Gasteiger partial charge in [-0.15, -0.1) is 0 Å². The van der Waals surface area contributed by atoms with Crippen molar-refractivity contribution in [2.45, 2.75) is 38.8 Å². The summed E-state index contributed by atoms with van der Waals surface area (Å²) in [6, 6.07) is -1.10. The van der Waals surface area contributed by atoms with Gasteiger partial charge < -0.3 is 20.9 Å². The highest BCUT2D eigenvalue weighted by atomic mass is 16.5. The molecule has 0 radical (unpaired) electrons. The molecule has 3 unspecified atom stereocenters. The van der Waals surface area contributed by atoms with Gasteiger partial charge >= 0.3 is 5.97 Å². The molecular weight excluding hydrogens is 224 g/mol. The van der Waals surface area contributed by atoms with E-state index in [4.69, 9.17) is 15.6 Å². The zero-order chi connectivity index (χ0) is 13.1. The summed E-state index contributed by atoms with van der Waals surface area (Å²) >= 11 is 0. The lowest BCUT2D eigenvalue weighted by Crippen LogP contribution is -2.53. The van der Waals surface area contributed by atoms with Gasteiger partial charge in [0.1, 0.15) is 5.41 Å². The normalized spacial score (nSPS) is 29.9. The van der Waals surface area contributed by atoms with Gasteiger partial charge in [-0.1, -0.05) is 13.3 Å². The van der Waals surface area contributed by atoms with Crippen molar-refractivity contribution in [3.63, 3.8) is 0 Å². The Kier molecular flexibility index (Phi) is 4.47. The van der Waals surface area contributed by atoms with Gasteiger partial charge in [0.05, 0.1) is 25.3 Å². The van der Waals surface area contributed by atoms with E-state index < -0.39 is 23.5 Å². The van der Waals surface area contributed by atoms with Crippen LogP contribution in [0.25, 0.3) is 0 Å². The molecule has 3 atom stereocenters. The molecule has 1 saturated heterocycles. The van der Waals surface area contributed by atoms with Crippen molar-refractivity contribution < 1.29 is 19.4 Å². The smallest absolute Gasteiger partial charge is 0.313 e. The summed E-state index contributed by atoms with van der Waals surface area (Å²) in [5.41, 5.74) is 4.60. The van der Waals surface area contributed by atoms with E-state index >= 15 is 0 Å². The molecule has 0 aromatic rings. The summed E-state index contributed by atoms with van der Waals surface area (Å²) in [7, 11) is 0. The van der Waals surface area contributed by atoms with Crippen molar-refractivity contribution in [1.82, 2.24) is 5.32 Å². The fraction of sp³-hybridized carbons (Fsp3) is 0.818. The number of aliphatic carboxylic acids is 1. The minimum absolute atomic E-state index is 0.107. The van der Waals surface area contributed by atoms with Gasteiger partial charge in [-0.05, 0) is 13.3 Å². The SMILES string of the molecule is CCCC(N)C(=O)NC1COCC1(C)C(=O)O. The Bertz CT molecular complexity index is 308. The fourth-order valence-corrected chi connectivity index (χ4v) is 1.81. The second-order valence-corrected chi connectivity index (χ2v) is 4.69.